The normalized spacial score (nSPS) is 18.1. The second-order valence-corrected chi connectivity index (χ2v) is 15.1. The van der Waals surface area contributed by atoms with E-state index < -0.39 is 23.2 Å². The Morgan fingerprint density at radius 3 is 1.32 bits per heavy atom. The summed E-state index contributed by atoms with van der Waals surface area (Å²) in [5.74, 6) is 9.74. The number of hydrogen-bond donors (Lipinski definition) is 0. The Hall–Kier alpha value is -1.06. The molecule has 2 aliphatic rings. The van der Waals surface area contributed by atoms with Gasteiger partial charge in [-0.25, -0.2) is 0 Å². The number of hydrogen-bond acceptors (Lipinski definition) is 0. The van der Waals surface area contributed by atoms with E-state index in [0.717, 1.165) is 0 Å². The number of halogens is 2. The number of allylic oxidation sites excluding steroid dienone is 2. The van der Waals surface area contributed by atoms with Gasteiger partial charge in [-0.05, 0) is 0 Å². The van der Waals surface area contributed by atoms with Gasteiger partial charge in [0.25, 0.3) is 0 Å². The zero-order valence-corrected chi connectivity index (χ0v) is 22.5. The van der Waals surface area contributed by atoms with Crippen LogP contribution in [-0.4, -0.2) is 0 Å². The Labute approximate surface area is 210 Å². The molecule has 0 aliphatic heterocycles. The Morgan fingerprint density at radius 1 is 0.516 bits per heavy atom. The first-order valence-corrected chi connectivity index (χ1v) is 15.8. The van der Waals surface area contributed by atoms with Crippen LogP contribution >= 0.6 is 15.1 Å². The molecule has 6 rings (SSSR count). The molecule has 4 aromatic rings. The van der Waals surface area contributed by atoms with Crippen LogP contribution in [0.3, 0.4) is 0 Å². The van der Waals surface area contributed by atoms with Gasteiger partial charge in [-0.3, -0.25) is 0 Å². The predicted octanol–water partition coefficient (Wildman–Crippen LogP) is 2.56. The van der Waals surface area contributed by atoms with Crippen LogP contribution in [0, 0.1) is 0 Å². The van der Waals surface area contributed by atoms with E-state index in [9.17, 15) is 0 Å². The molecular weight excluding hydrogens is 536 g/mol. The molecule has 2 heterocycles. The third-order valence-electron chi connectivity index (χ3n) is 5.95. The molecule has 0 amide bonds. The van der Waals surface area contributed by atoms with Gasteiger partial charge in [0.2, 0.25) is 0 Å². The minimum atomic E-state index is -0.820. The minimum Gasteiger partial charge on any atom is -1.00 e. The van der Waals surface area contributed by atoms with E-state index in [1.54, 1.807) is 21.8 Å². The number of benzene rings is 2. The molecular formula is C26H20Cl2P2Zr. The molecule has 2 atom stereocenters. The fourth-order valence-electron chi connectivity index (χ4n) is 4.59. The maximum Gasteiger partial charge on any atom is -1.00 e. The summed E-state index contributed by atoms with van der Waals surface area (Å²) in [6.07, 6.45) is 5.05. The summed E-state index contributed by atoms with van der Waals surface area (Å²) >= 11 is -0.820. The molecule has 0 saturated heterocycles. The van der Waals surface area contributed by atoms with Gasteiger partial charge in [0.15, 0.2) is 0 Å². The van der Waals surface area contributed by atoms with Crippen molar-refractivity contribution >= 4 is 37.8 Å². The van der Waals surface area contributed by atoms with Gasteiger partial charge in [0, 0.05) is 0 Å². The van der Waals surface area contributed by atoms with Crippen molar-refractivity contribution in [3.8, 4) is 0 Å². The van der Waals surface area contributed by atoms with E-state index in [1.807, 2.05) is 0 Å². The van der Waals surface area contributed by atoms with Crippen LogP contribution in [0.25, 0.3) is 22.8 Å². The third-order valence-corrected chi connectivity index (χ3v) is 15.8. The van der Waals surface area contributed by atoms with E-state index in [1.165, 1.54) is 11.1 Å². The topological polar surface area (TPSA) is 0 Å². The summed E-state index contributed by atoms with van der Waals surface area (Å²) in [7, 11) is -0.487. The molecule has 0 saturated carbocycles. The first-order valence-electron chi connectivity index (χ1n) is 10.0. The van der Waals surface area contributed by atoms with Crippen LogP contribution in [0.4, 0.5) is 0 Å². The second-order valence-electron chi connectivity index (χ2n) is 7.61. The molecule has 31 heavy (non-hydrogen) atoms. The molecule has 2 aromatic heterocycles. The summed E-state index contributed by atoms with van der Waals surface area (Å²) in [4.78, 5) is 0. The molecule has 0 N–H and O–H groups in total. The molecule has 2 aliphatic carbocycles. The SMILES string of the molecule is C1=C(p2cccc2)[CH]([Zr+2][CH]2C(p3cccc3)=Cc3ccccc32)c2ccccc21.[Cl-].[Cl-]. The Bertz CT molecular complexity index is 1140. The Morgan fingerprint density at radius 2 is 0.903 bits per heavy atom. The molecule has 0 bridgehead atoms. The van der Waals surface area contributed by atoms with Crippen LogP contribution in [0.2, 0.25) is 0 Å². The fourth-order valence-corrected chi connectivity index (χ4v) is 15.4. The number of rotatable bonds is 4. The molecule has 0 spiro atoms. The standard InChI is InChI=1S/2C13H10P.2ClH.Zr/c2*1-2-6-12-10-13(9-11(12)5-1)14-7-3-4-8-14;;;/h2*1-10H;2*1H;/q;;;;+2/p-2. The van der Waals surface area contributed by atoms with Gasteiger partial charge in [0.1, 0.15) is 0 Å². The summed E-state index contributed by atoms with van der Waals surface area (Å²) < 4.78 is 1.36. The van der Waals surface area contributed by atoms with E-state index in [-0.39, 0.29) is 39.9 Å². The molecule has 0 radical (unpaired) electrons. The molecule has 152 valence electrons. The Kier molecular flexibility index (Phi) is 7.33. The van der Waals surface area contributed by atoms with Crippen molar-refractivity contribution in [2.24, 2.45) is 0 Å². The average molecular weight is 557 g/mol. The predicted molar refractivity (Wildman–Crippen MR) is 125 cm³/mol. The largest absolute Gasteiger partial charge is 1.00 e. The van der Waals surface area contributed by atoms with E-state index in [0.29, 0.717) is 7.25 Å². The van der Waals surface area contributed by atoms with E-state index in [2.05, 4.69) is 108 Å². The van der Waals surface area contributed by atoms with Crippen molar-refractivity contribution in [2.45, 2.75) is 7.25 Å². The third kappa shape index (κ3) is 4.17. The van der Waals surface area contributed by atoms with Crippen molar-refractivity contribution in [3.63, 3.8) is 0 Å². The van der Waals surface area contributed by atoms with Crippen LogP contribution < -0.4 is 24.8 Å². The van der Waals surface area contributed by atoms with Gasteiger partial charge >= 0.3 is 187 Å². The van der Waals surface area contributed by atoms with Gasteiger partial charge in [-0.1, -0.05) is 0 Å². The molecule has 0 nitrogen and oxygen atoms in total. The summed E-state index contributed by atoms with van der Waals surface area (Å²) in [5.41, 5.74) is 6.12. The molecule has 2 aromatic carbocycles. The van der Waals surface area contributed by atoms with Gasteiger partial charge < -0.3 is 24.8 Å². The van der Waals surface area contributed by atoms with Crippen LogP contribution in [0.5, 0.6) is 0 Å². The zero-order chi connectivity index (χ0) is 19.2. The molecule has 5 heteroatoms. The second kappa shape index (κ2) is 9.83. The van der Waals surface area contributed by atoms with Crippen LogP contribution in [-0.2, 0) is 23.2 Å². The number of fused-ring (bicyclic) bond motifs is 2. The summed E-state index contributed by atoms with van der Waals surface area (Å²) in [5, 5.41) is 3.40. The van der Waals surface area contributed by atoms with Crippen molar-refractivity contribution < 1.29 is 48.0 Å². The first-order chi connectivity index (χ1) is 14.4. The van der Waals surface area contributed by atoms with E-state index >= 15 is 0 Å². The van der Waals surface area contributed by atoms with E-state index in [4.69, 9.17) is 0 Å². The minimum absolute atomic E-state index is 0. The fraction of sp³-hybridized carbons (Fsp3) is 0.0769. The van der Waals surface area contributed by atoms with Crippen LogP contribution in [0.1, 0.15) is 29.5 Å². The molecule has 2 unspecified atom stereocenters. The van der Waals surface area contributed by atoms with Gasteiger partial charge in [0.05, 0.1) is 0 Å². The summed E-state index contributed by atoms with van der Waals surface area (Å²) in [6.45, 7) is 0. The maximum atomic E-state index is 2.53. The smallest absolute Gasteiger partial charge is 1.00 e. The first kappa shape index (κ1) is 23.1. The maximum absolute atomic E-state index is 2.53. The van der Waals surface area contributed by atoms with Crippen molar-refractivity contribution in [3.05, 3.63) is 118 Å². The van der Waals surface area contributed by atoms with Crippen molar-refractivity contribution in [1.82, 2.24) is 0 Å². The monoisotopic (exact) mass is 554 g/mol. The zero-order valence-electron chi connectivity index (χ0n) is 16.7. The van der Waals surface area contributed by atoms with Crippen molar-refractivity contribution in [1.29, 1.82) is 0 Å². The summed E-state index contributed by atoms with van der Waals surface area (Å²) in [6, 6.07) is 27.3. The molecule has 0 fully saturated rings. The van der Waals surface area contributed by atoms with Crippen molar-refractivity contribution in [2.75, 3.05) is 0 Å². The van der Waals surface area contributed by atoms with Gasteiger partial charge in [-0.15, -0.1) is 0 Å². The van der Waals surface area contributed by atoms with Crippen LogP contribution in [0.15, 0.2) is 96.0 Å². The average Bonchev–Trinajstić information content (AvgIpc) is 3.55. The quantitative estimate of drug-likeness (QED) is 0.363. The van der Waals surface area contributed by atoms with Gasteiger partial charge in [-0.2, -0.15) is 0 Å². The Balaban J connectivity index is 0.00000116.